The molecule has 0 aromatic heterocycles. The molecule has 2 aliphatic carbocycles. The van der Waals surface area contributed by atoms with Crippen LogP contribution >= 0.6 is 0 Å². The monoisotopic (exact) mass is 253 g/mol. The Bertz CT molecular complexity index is 303. The molecule has 2 rings (SSSR count). The Morgan fingerprint density at radius 3 is 2.61 bits per heavy atom. The predicted octanol–water partition coefficient (Wildman–Crippen LogP) is 1.10. The van der Waals surface area contributed by atoms with Crippen molar-refractivity contribution in [3.05, 3.63) is 0 Å². The molecular formula is C14H27N3O. The highest BCUT2D eigenvalue weighted by Crippen LogP contribution is 2.38. The number of likely N-dealkylation sites (N-methyl/N-ethyl adjacent to an activating group) is 1. The molecular weight excluding hydrogens is 226 g/mol. The summed E-state index contributed by atoms with van der Waals surface area (Å²) < 4.78 is 0. The summed E-state index contributed by atoms with van der Waals surface area (Å²) >= 11 is 0. The van der Waals surface area contributed by atoms with E-state index >= 15 is 0 Å². The largest absolute Gasteiger partial charge is 0.368 e. The molecule has 0 heterocycles. The quantitative estimate of drug-likeness (QED) is 0.745. The van der Waals surface area contributed by atoms with Crippen LogP contribution in [0.25, 0.3) is 0 Å². The number of amides is 1. The molecule has 0 aromatic rings. The number of rotatable bonds is 6. The summed E-state index contributed by atoms with van der Waals surface area (Å²) in [4.78, 5) is 14.2. The first-order chi connectivity index (χ1) is 8.60. The molecule has 18 heavy (non-hydrogen) atoms. The van der Waals surface area contributed by atoms with Gasteiger partial charge in [-0.3, -0.25) is 4.79 Å². The van der Waals surface area contributed by atoms with Gasteiger partial charge in [0.25, 0.3) is 0 Å². The SMILES string of the molecule is CNC1(C(N)=O)CCCC1CCN(C)C1CCC1. The smallest absolute Gasteiger partial charge is 0.238 e. The van der Waals surface area contributed by atoms with E-state index in [-0.39, 0.29) is 5.91 Å². The van der Waals surface area contributed by atoms with Crippen LogP contribution in [0.1, 0.15) is 44.9 Å². The van der Waals surface area contributed by atoms with Crippen molar-refractivity contribution < 1.29 is 4.79 Å². The van der Waals surface area contributed by atoms with Crippen molar-refractivity contribution >= 4 is 5.91 Å². The van der Waals surface area contributed by atoms with E-state index in [2.05, 4.69) is 17.3 Å². The van der Waals surface area contributed by atoms with E-state index in [0.29, 0.717) is 5.92 Å². The summed E-state index contributed by atoms with van der Waals surface area (Å²) in [5, 5.41) is 3.21. The molecule has 2 fully saturated rings. The van der Waals surface area contributed by atoms with E-state index in [4.69, 9.17) is 5.73 Å². The van der Waals surface area contributed by atoms with Crippen LogP contribution in [-0.4, -0.2) is 43.0 Å². The molecule has 4 heteroatoms. The lowest BCUT2D eigenvalue weighted by Crippen LogP contribution is -2.57. The summed E-state index contributed by atoms with van der Waals surface area (Å²) in [5.41, 5.74) is 5.18. The van der Waals surface area contributed by atoms with Gasteiger partial charge < -0.3 is 16.0 Å². The van der Waals surface area contributed by atoms with Gasteiger partial charge in [0.05, 0.1) is 0 Å². The normalized spacial score (nSPS) is 32.7. The van der Waals surface area contributed by atoms with Gasteiger partial charge in [0, 0.05) is 6.04 Å². The van der Waals surface area contributed by atoms with Crippen LogP contribution in [0.2, 0.25) is 0 Å². The fourth-order valence-corrected chi connectivity index (χ4v) is 3.61. The molecule has 2 aliphatic rings. The molecule has 0 aliphatic heterocycles. The second-order valence-electron chi connectivity index (χ2n) is 6.03. The van der Waals surface area contributed by atoms with E-state index in [9.17, 15) is 4.79 Å². The number of carbonyl (C=O) groups is 1. The summed E-state index contributed by atoms with van der Waals surface area (Å²) in [6, 6.07) is 0.781. The first-order valence-electron chi connectivity index (χ1n) is 7.29. The predicted molar refractivity (Wildman–Crippen MR) is 73.2 cm³/mol. The molecule has 104 valence electrons. The summed E-state index contributed by atoms with van der Waals surface area (Å²) in [7, 11) is 4.09. The van der Waals surface area contributed by atoms with Gasteiger partial charge in [0.1, 0.15) is 5.54 Å². The lowest BCUT2D eigenvalue weighted by Gasteiger charge is -2.37. The van der Waals surface area contributed by atoms with E-state index in [0.717, 1.165) is 38.3 Å². The highest BCUT2D eigenvalue weighted by atomic mass is 16.1. The zero-order chi connectivity index (χ0) is 13.2. The van der Waals surface area contributed by atoms with Gasteiger partial charge in [-0.25, -0.2) is 0 Å². The maximum absolute atomic E-state index is 11.8. The van der Waals surface area contributed by atoms with Crippen molar-refractivity contribution in [2.75, 3.05) is 20.6 Å². The highest BCUT2D eigenvalue weighted by molar-refractivity contribution is 5.85. The Kier molecular flexibility index (Phi) is 4.28. The zero-order valence-electron chi connectivity index (χ0n) is 11.7. The van der Waals surface area contributed by atoms with Crippen LogP contribution in [0.15, 0.2) is 0 Å². The van der Waals surface area contributed by atoms with Gasteiger partial charge in [0.15, 0.2) is 0 Å². The Hall–Kier alpha value is -0.610. The fourth-order valence-electron chi connectivity index (χ4n) is 3.61. The number of hydrogen-bond donors (Lipinski definition) is 2. The zero-order valence-corrected chi connectivity index (χ0v) is 11.7. The van der Waals surface area contributed by atoms with Crippen molar-refractivity contribution in [3.8, 4) is 0 Å². The molecule has 3 N–H and O–H groups in total. The molecule has 4 nitrogen and oxygen atoms in total. The average Bonchev–Trinajstić information content (AvgIpc) is 2.67. The number of nitrogens with one attached hydrogen (secondary N) is 1. The molecule has 0 spiro atoms. The maximum Gasteiger partial charge on any atom is 0.238 e. The van der Waals surface area contributed by atoms with Gasteiger partial charge in [-0.1, -0.05) is 12.8 Å². The lowest BCUT2D eigenvalue weighted by molar-refractivity contribution is -0.125. The van der Waals surface area contributed by atoms with Crippen LogP contribution in [0.4, 0.5) is 0 Å². The molecule has 2 saturated carbocycles. The topological polar surface area (TPSA) is 58.4 Å². The first kappa shape index (κ1) is 13.8. The molecule has 2 unspecified atom stereocenters. The van der Waals surface area contributed by atoms with E-state index in [1.54, 1.807) is 0 Å². The molecule has 0 saturated heterocycles. The van der Waals surface area contributed by atoms with Crippen molar-refractivity contribution in [2.24, 2.45) is 11.7 Å². The third-order valence-electron chi connectivity index (χ3n) is 5.23. The van der Waals surface area contributed by atoms with Gasteiger partial charge >= 0.3 is 0 Å². The van der Waals surface area contributed by atoms with Crippen LogP contribution < -0.4 is 11.1 Å². The third kappa shape index (κ3) is 2.41. The Morgan fingerprint density at radius 1 is 1.39 bits per heavy atom. The van der Waals surface area contributed by atoms with Gasteiger partial charge in [-0.05, 0) is 58.7 Å². The Morgan fingerprint density at radius 2 is 2.11 bits per heavy atom. The number of nitrogens with two attached hydrogens (primary N) is 1. The van der Waals surface area contributed by atoms with E-state index < -0.39 is 5.54 Å². The van der Waals surface area contributed by atoms with Crippen molar-refractivity contribution in [3.63, 3.8) is 0 Å². The third-order valence-corrected chi connectivity index (χ3v) is 5.23. The minimum atomic E-state index is -0.444. The Labute approximate surface area is 110 Å². The van der Waals surface area contributed by atoms with Crippen LogP contribution in [0.5, 0.6) is 0 Å². The van der Waals surface area contributed by atoms with Crippen molar-refractivity contribution in [2.45, 2.75) is 56.5 Å². The van der Waals surface area contributed by atoms with Crippen LogP contribution in [-0.2, 0) is 4.79 Å². The number of nitrogens with zero attached hydrogens (tertiary/aromatic N) is 1. The summed E-state index contributed by atoms with van der Waals surface area (Å²) in [6.07, 6.45) is 8.28. The minimum Gasteiger partial charge on any atom is -0.368 e. The maximum atomic E-state index is 11.8. The molecule has 0 radical (unpaired) electrons. The second-order valence-corrected chi connectivity index (χ2v) is 6.03. The Balaban J connectivity index is 1.89. The number of primary amides is 1. The average molecular weight is 253 g/mol. The van der Waals surface area contributed by atoms with Gasteiger partial charge in [-0.15, -0.1) is 0 Å². The van der Waals surface area contributed by atoms with Crippen molar-refractivity contribution in [1.82, 2.24) is 10.2 Å². The molecule has 0 aromatic carbocycles. The standard InChI is InChI=1S/C14H27N3O/c1-16-14(13(15)18)9-4-5-11(14)8-10-17(2)12-6-3-7-12/h11-12,16H,3-10H2,1-2H3,(H2,15,18). The molecule has 1 amide bonds. The summed E-state index contributed by atoms with van der Waals surface area (Å²) in [5.74, 6) is 0.237. The van der Waals surface area contributed by atoms with Gasteiger partial charge in [0.2, 0.25) is 5.91 Å². The number of carbonyl (C=O) groups excluding carboxylic acids is 1. The lowest BCUT2D eigenvalue weighted by atomic mass is 9.83. The van der Waals surface area contributed by atoms with E-state index in [1.807, 2.05) is 7.05 Å². The molecule has 0 bridgehead atoms. The molecule has 2 atom stereocenters. The van der Waals surface area contributed by atoms with Gasteiger partial charge in [-0.2, -0.15) is 0 Å². The van der Waals surface area contributed by atoms with E-state index in [1.165, 1.54) is 19.3 Å². The second kappa shape index (κ2) is 5.57. The first-order valence-corrected chi connectivity index (χ1v) is 7.29. The van der Waals surface area contributed by atoms with Crippen molar-refractivity contribution in [1.29, 1.82) is 0 Å². The number of hydrogen-bond acceptors (Lipinski definition) is 3. The summed E-state index contributed by atoms with van der Waals surface area (Å²) in [6.45, 7) is 1.09. The van der Waals surface area contributed by atoms with Crippen LogP contribution in [0, 0.1) is 5.92 Å². The fraction of sp³-hybridized carbons (Fsp3) is 0.929. The highest BCUT2D eigenvalue weighted by Gasteiger charge is 2.46. The minimum absolute atomic E-state index is 0.168. The van der Waals surface area contributed by atoms with Crippen LogP contribution in [0.3, 0.4) is 0 Å².